The van der Waals surface area contributed by atoms with Crippen molar-refractivity contribution < 1.29 is 13.6 Å². The molecule has 120 valence electrons. The highest BCUT2D eigenvalue weighted by Crippen LogP contribution is 2.10. The molecule has 1 amide bonds. The van der Waals surface area contributed by atoms with Gasteiger partial charge in [0.2, 0.25) is 0 Å². The standard InChI is InChI=1S/C14H15F2N3OS.ClH/c15-10-5-9(6-11(16)7-10)2-4-18-14(20)12-8-21-13(19-12)1-3-17;/h5-8H,1-4,17H2,(H,18,20);1H. The number of hydrogen-bond acceptors (Lipinski definition) is 4. The largest absolute Gasteiger partial charge is 0.350 e. The number of nitrogens with two attached hydrogens (primary N) is 1. The maximum atomic E-state index is 13.0. The number of nitrogens with one attached hydrogen (secondary N) is 1. The van der Waals surface area contributed by atoms with E-state index >= 15 is 0 Å². The third-order valence-corrected chi connectivity index (χ3v) is 3.67. The Morgan fingerprint density at radius 2 is 1.91 bits per heavy atom. The van der Waals surface area contributed by atoms with Gasteiger partial charge >= 0.3 is 0 Å². The first kappa shape index (κ1) is 18.5. The third kappa shape index (κ3) is 5.32. The lowest BCUT2D eigenvalue weighted by atomic mass is 10.1. The summed E-state index contributed by atoms with van der Waals surface area (Å²) in [7, 11) is 0. The first-order valence-electron chi connectivity index (χ1n) is 6.46. The second-order valence-corrected chi connectivity index (χ2v) is 5.39. The van der Waals surface area contributed by atoms with E-state index in [0.29, 0.717) is 30.6 Å². The fourth-order valence-electron chi connectivity index (χ4n) is 1.82. The van der Waals surface area contributed by atoms with Gasteiger partial charge < -0.3 is 11.1 Å². The van der Waals surface area contributed by atoms with E-state index in [1.807, 2.05) is 0 Å². The van der Waals surface area contributed by atoms with Crippen LogP contribution in [0.25, 0.3) is 0 Å². The zero-order valence-corrected chi connectivity index (χ0v) is 13.3. The molecule has 0 saturated carbocycles. The molecule has 0 fully saturated rings. The maximum absolute atomic E-state index is 13.0. The Hall–Kier alpha value is -1.57. The van der Waals surface area contributed by atoms with Crippen LogP contribution >= 0.6 is 23.7 Å². The van der Waals surface area contributed by atoms with Crippen molar-refractivity contribution in [2.75, 3.05) is 13.1 Å². The minimum absolute atomic E-state index is 0. The Bertz CT molecular complexity index is 616. The van der Waals surface area contributed by atoms with Crippen LogP contribution in [0, 0.1) is 11.6 Å². The molecule has 0 saturated heterocycles. The van der Waals surface area contributed by atoms with E-state index in [0.717, 1.165) is 11.1 Å². The highest BCUT2D eigenvalue weighted by molar-refractivity contribution is 7.09. The van der Waals surface area contributed by atoms with Crippen LogP contribution in [0.1, 0.15) is 21.1 Å². The summed E-state index contributed by atoms with van der Waals surface area (Å²) in [4.78, 5) is 16.0. The molecule has 0 aliphatic carbocycles. The number of nitrogens with zero attached hydrogens (tertiary/aromatic N) is 1. The summed E-state index contributed by atoms with van der Waals surface area (Å²) in [6, 6.07) is 3.31. The number of rotatable bonds is 6. The molecule has 3 N–H and O–H groups in total. The number of benzene rings is 1. The molecule has 0 radical (unpaired) electrons. The van der Waals surface area contributed by atoms with Gasteiger partial charge in [-0.25, -0.2) is 13.8 Å². The predicted molar refractivity (Wildman–Crippen MR) is 84.5 cm³/mol. The molecule has 22 heavy (non-hydrogen) atoms. The van der Waals surface area contributed by atoms with Crippen LogP contribution in [0.2, 0.25) is 0 Å². The summed E-state index contributed by atoms with van der Waals surface area (Å²) in [5.74, 6) is -1.55. The minimum Gasteiger partial charge on any atom is -0.350 e. The molecule has 1 aromatic heterocycles. The van der Waals surface area contributed by atoms with Gasteiger partial charge in [0.15, 0.2) is 0 Å². The molecular weight excluding hydrogens is 332 g/mol. The van der Waals surface area contributed by atoms with Crippen LogP contribution < -0.4 is 11.1 Å². The number of aromatic nitrogens is 1. The normalized spacial score (nSPS) is 10.1. The average Bonchev–Trinajstić information content (AvgIpc) is 2.86. The van der Waals surface area contributed by atoms with Crippen molar-refractivity contribution in [3.63, 3.8) is 0 Å². The minimum atomic E-state index is -0.623. The third-order valence-electron chi connectivity index (χ3n) is 2.76. The summed E-state index contributed by atoms with van der Waals surface area (Å²) in [5, 5.41) is 5.15. The Balaban J connectivity index is 0.00000242. The van der Waals surface area contributed by atoms with Gasteiger partial charge in [-0.15, -0.1) is 23.7 Å². The van der Waals surface area contributed by atoms with Crippen LogP contribution in [-0.4, -0.2) is 24.0 Å². The molecular formula is C14H16ClF2N3OS. The summed E-state index contributed by atoms with van der Waals surface area (Å²) in [6.07, 6.45) is 0.987. The number of carbonyl (C=O) groups is 1. The first-order valence-corrected chi connectivity index (χ1v) is 7.34. The quantitative estimate of drug-likeness (QED) is 0.842. The van der Waals surface area contributed by atoms with E-state index in [2.05, 4.69) is 10.3 Å². The molecule has 0 atom stereocenters. The molecule has 0 spiro atoms. The number of thiazole rings is 1. The van der Waals surface area contributed by atoms with E-state index in [-0.39, 0.29) is 24.9 Å². The maximum Gasteiger partial charge on any atom is 0.270 e. The van der Waals surface area contributed by atoms with E-state index in [9.17, 15) is 13.6 Å². The van der Waals surface area contributed by atoms with Gasteiger partial charge in [-0.2, -0.15) is 0 Å². The molecule has 0 unspecified atom stereocenters. The van der Waals surface area contributed by atoms with Crippen molar-refractivity contribution in [3.05, 3.63) is 51.5 Å². The SMILES string of the molecule is Cl.NCCc1nc(C(=O)NCCc2cc(F)cc(F)c2)cs1. The van der Waals surface area contributed by atoms with Gasteiger partial charge in [-0.05, 0) is 30.7 Å². The Labute approximate surface area is 137 Å². The number of hydrogen-bond donors (Lipinski definition) is 2. The summed E-state index contributed by atoms with van der Waals surface area (Å²) >= 11 is 1.39. The second-order valence-electron chi connectivity index (χ2n) is 4.45. The van der Waals surface area contributed by atoms with Gasteiger partial charge in [-0.1, -0.05) is 0 Å². The highest BCUT2D eigenvalue weighted by atomic mass is 35.5. The zero-order chi connectivity index (χ0) is 15.2. The van der Waals surface area contributed by atoms with E-state index in [4.69, 9.17) is 5.73 Å². The van der Waals surface area contributed by atoms with Crippen molar-refractivity contribution in [1.29, 1.82) is 0 Å². The molecule has 0 aliphatic heterocycles. The highest BCUT2D eigenvalue weighted by Gasteiger charge is 2.10. The Kier molecular flexibility index (Phi) is 7.37. The monoisotopic (exact) mass is 347 g/mol. The van der Waals surface area contributed by atoms with Gasteiger partial charge in [0.25, 0.3) is 5.91 Å². The van der Waals surface area contributed by atoms with Crippen molar-refractivity contribution in [2.45, 2.75) is 12.8 Å². The lowest BCUT2D eigenvalue weighted by Gasteiger charge is -2.04. The van der Waals surface area contributed by atoms with Crippen LogP contribution in [0.5, 0.6) is 0 Å². The first-order chi connectivity index (χ1) is 10.1. The van der Waals surface area contributed by atoms with Gasteiger partial charge in [-0.3, -0.25) is 4.79 Å². The van der Waals surface area contributed by atoms with Crippen molar-refractivity contribution in [2.24, 2.45) is 5.73 Å². The molecule has 2 rings (SSSR count). The lowest BCUT2D eigenvalue weighted by Crippen LogP contribution is -2.26. The molecule has 0 aliphatic rings. The van der Waals surface area contributed by atoms with E-state index in [1.54, 1.807) is 5.38 Å². The molecule has 0 bridgehead atoms. The second kappa shape index (κ2) is 8.77. The molecule has 1 heterocycles. The summed E-state index contributed by atoms with van der Waals surface area (Å²) in [6.45, 7) is 0.769. The van der Waals surface area contributed by atoms with E-state index < -0.39 is 11.6 Å². The Morgan fingerprint density at radius 1 is 1.23 bits per heavy atom. The van der Waals surface area contributed by atoms with Crippen molar-refractivity contribution >= 4 is 29.7 Å². The van der Waals surface area contributed by atoms with Gasteiger partial charge in [0.05, 0.1) is 5.01 Å². The molecule has 4 nitrogen and oxygen atoms in total. The topological polar surface area (TPSA) is 68.0 Å². The summed E-state index contributed by atoms with van der Waals surface area (Å²) < 4.78 is 26.0. The smallest absolute Gasteiger partial charge is 0.270 e. The predicted octanol–water partition coefficient (Wildman–Crippen LogP) is 2.32. The zero-order valence-electron chi connectivity index (χ0n) is 11.6. The fraction of sp³-hybridized carbons (Fsp3) is 0.286. The van der Waals surface area contributed by atoms with Crippen LogP contribution in [0.3, 0.4) is 0 Å². The van der Waals surface area contributed by atoms with Crippen LogP contribution in [0.4, 0.5) is 8.78 Å². The van der Waals surface area contributed by atoms with Gasteiger partial charge in [0.1, 0.15) is 17.3 Å². The average molecular weight is 348 g/mol. The van der Waals surface area contributed by atoms with E-state index in [1.165, 1.54) is 23.5 Å². The van der Waals surface area contributed by atoms with Crippen molar-refractivity contribution in [3.8, 4) is 0 Å². The molecule has 2 aromatic rings. The fourth-order valence-corrected chi connectivity index (χ4v) is 2.61. The summed E-state index contributed by atoms with van der Waals surface area (Å²) in [5.41, 5.74) is 6.26. The van der Waals surface area contributed by atoms with Gasteiger partial charge in [0, 0.05) is 24.4 Å². The molecule has 8 heteroatoms. The Morgan fingerprint density at radius 3 is 2.55 bits per heavy atom. The molecule has 1 aromatic carbocycles. The van der Waals surface area contributed by atoms with Crippen LogP contribution in [-0.2, 0) is 12.8 Å². The van der Waals surface area contributed by atoms with Crippen LogP contribution in [0.15, 0.2) is 23.6 Å². The lowest BCUT2D eigenvalue weighted by molar-refractivity contribution is 0.0949. The number of halogens is 3. The van der Waals surface area contributed by atoms with Crippen molar-refractivity contribution in [1.82, 2.24) is 10.3 Å². The number of carbonyl (C=O) groups excluding carboxylic acids is 1. The number of amides is 1.